The van der Waals surface area contributed by atoms with Crippen molar-refractivity contribution in [1.29, 1.82) is 0 Å². The van der Waals surface area contributed by atoms with E-state index in [-0.39, 0.29) is 30.5 Å². The number of unbranched alkanes of at least 4 members (excludes halogenated alkanes) is 1. The van der Waals surface area contributed by atoms with Gasteiger partial charge < -0.3 is 18.9 Å². The molecule has 0 aromatic heterocycles. The van der Waals surface area contributed by atoms with Crippen molar-refractivity contribution in [2.24, 2.45) is 0 Å². The van der Waals surface area contributed by atoms with Gasteiger partial charge in [0.2, 0.25) is 0 Å². The molecule has 0 amide bonds. The van der Waals surface area contributed by atoms with E-state index in [9.17, 15) is 19.2 Å². The number of hydrogen-bond donors (Lipinski definition) is 0. The Balaban J connectivity index is -0.000000203. The topological polar surface area (TPSA) is 105 Å². The lowest BCUT2D eigenvalue weighted by Gasteiger charge is -1.97. The summed E-state index contributed by atoms with van der Waals surface area (Å²) in [6, 6.07) is 10.0. The van der Waals surface area contributed by atoms with E-state index in [0.717, 1.165) is 18.9 Å². The zero-order valence-corrected chi connectivity index (χ0v) is 24.7. The Bertz CT molecular complexity index is 912. The molecule has 0 unspecified atom stereocenters. The first kappa shape index (κ1) is 42.6. The molecule has 1 rings (SSSR count). The van der Waals surface area contributed by atoms with Crippen LogP contribution in [0.15, 0.2) is 99.2 Å². The molecular weight excluding hydrogens is 512 g/mol. The molecule has 0 heterocycles. The molecule has 0 bridgehead atoms. The van der Waals surface area contributed by atoms with Crippen LogP contribution in [0.25, 0.3) is 6.08 Å². The van der Waals surface area contributed by atoms with Gasteiger partial charge in [0.1, 0.15) is 6.61 Å². The van der Waals surface area contributed by atoms with E-state index < -0.39 is 0 Å². The van der Waals surface area contributed by atoms with E-state index in [1.165, 1.54) is 24.8 Å². The smallest absolute Gasteiger partial charge is 0.333 e. The van der Waals surface area contributed by atoms with Crippen molar-refractivity contribution in [3.63, 3.8) is 0 Å². The number of esters is 4. The molecule has 0 aliphatic rings. The molecule has 0 atom stereocenters. The van der Waals surface area contributed by atoms with Crippen LogP contribution in [0.4, 0.5) is 0 Å². The van der Waals surface area contributed by atoms with Crippen LogP contribution in [0.2, 0.25) is 0 Å². The SMILES string of the molecule is C=C(C)C(=O)OC.C=CC(=O)OCC.C=CC(=O)OCCCC.C=CCOC(=O)C(=C)C.C=Cc1ccccc1. The highest BCUT2D eigenvalue weighted by atomic mass is 16.5. The summed E-state index contributed by atoms with van der Waals surface area (Å²) in [6.07, 6.45) is 7.64. The molecule has 8 nitrogen and oxygen atoms in total. The Morgan fingerprint density at radius 1 is 0.775 bits per heavy atom. The van der Waals surface area contributed by atoms with Crippen LogP contribution in [0.5, 0.6) is 0 Å². The van der Waals surface area contributed by atoms with Gasteiger partial charge in [-0.3, -0.25) is 0 Å². The molecule has 222 valence electrons. The standard InChI is InChI=1S/C8H8.C7H10O2.C7H12O2.2C5H8O2/c1-2-8-6-4-3-5-7-8;1-4-5-9-7(8)6(2)3;1-3-5-6-9-7(8)4-2;1-4(2)5(6)7-3;1-3-5(6)7-4-2/h2-7H,1H2;4H,1-2,5H2,3H3;4H,2-3,5-6H2,1H3;1H2,2-3H3;3H,1,4H2,2H3. The molecule has 0 spiro atoms. The highest BCUT2D eigenvalue weighted by Gasteiger charge is 1.99. The van der Waals surface area contributed by atoms with Crippen LogP contribution in [0.3, 0.4) is 0 Å². The molecule has 0 N–H and O–H groups in total. The van der Waals surface area contributed by atoms with Gasteiger partial charge in [0.15, 0.2) is 0 Å². The first-order chi connectivity index (χ1) is 18.9. The minimum Gasteiger partial charge on any atom is -0.466 e. The van der Waals surface area contributed by atoms with Crippen molar-refractivity contribution in [2.45, 2.75) is 40.5 Å². The minimum absolute atomic E-state index is 0.256. The van der Waals surface area contributed by atoms with E-state index >= 15 is 0 Å². The van der Waals surface area contributed by atoms with Crippen molar-refractivity contribution in [1.82, 2.24) is 0 Å². The minimum atomic E-state index is -0.366. The van der Waals surface area contributed by atoms with E-state index in [2.05, 4.69) is 58.4 Å². The fourth-order valence-electron chi connectivity index (χ4n) is 1.60. The van der Waals surface area contributed by atoms with Crippen molar-refractivity contribution >= 4 is 30.0 Å². The molecule has 8 heteroatoms. The number of benzene rings is 1. The van der Waals surface area contributed by atoms with Gasteiger partial charge in [-0.25, -0.2) is 19.2 Å². The van der Waals surface area contributed by atoms with Crippen LogP contribution >= 0.6 is 0 Å². The zero-order valence-electron chi connectivity index (χ0n) is 24.7. The lowest BCUT2D eigenvalue weighted by atomic mass is 10.2. The predicted molar refractivity (Wildman–Crippen MR) is 162 cm³/mol. The maximum atomic E-state index is 10.5. The molecule has 1 aromatic rings. The van der Waals surface area contributed by atoms with Crippen molar-refractivity contribution < 1.29 is 38.1 Å². The van der Waals surface area contributed by atoms with Gasteiger partial charge in [0.05, 0.1) is 20.3 Å². The average molecular weight is 559 g/mol. The number of hydrogen-bond acceptors (Lipinski definition) is 8. The third kappa shape index (κ3) is 35.7. The van der Waals surface area contributed by atoms with Gasteiger partial charge in [0.25, 0.3) is 0 Å². The average Bonchev–Trinajstić information content (AvgIpc) is 2.97. The predicted octanol–water partition coefficient (Wildman–Crippen LogP) is 6.61. The normalized spacial score (nSPS) is 8.12. The maximum Gasteiger partial charge on any atom is 0.333 e. The third-order valence-electron chi connectivity index (χ3n) is 3.61. The summed E-state index contributed by atoms with van der Waals surface area (Å²) in [6.45, 7) is 28.4. The molecule has 1 aromatic carbocycles. The van der Waals surface area contributed by atoms with Gasteiger partial charge in [-0.2, -0.15) is 0 Å². The fraction of sp³-hybridized carbons (Fsp3) is 0.312. The first-order valence-corrected chi connectivity index (χ1v) is 12.3. The van der Waals surface area contributed by atoms with Gasteiger partial charge in [-0.05, 0) is 32.8 Å². The largest absolute Gasteiger partial charge is 0.466 e. The quantitative estimate of drug-likeness (QED) is 0.0982. The third-order valence-corrected chi connectivity index (χ3v) is 3.61. The summed E-state index contributed by atoms with van der Waals surface area (Å²) in [4.78, 5) is 41.1. The summed E-state index contributed by atoms with van der Waals surface area (Å²) in [5.74, 6) is -1.40. The van der Waals surface area contributed by atoms with Gasteiger partial charge in [-0.1, -0.05) is 95.3 Å². The van der Waals surface area contributed by atoms with E-state index in [1.54, 1.807) is 20.8 Å². The summed E-state index contributed by atoms with van der Waals surface area (Å²) < 4.78 is 18.0. The molecule has 0 aliphatic carbocycles. The molecule has 0 saturated heterocycles. The number of carbonyl (C=O) groups excluding carboxylic acids is 4. The Morgan fingerprint density at radius 3 is 1.55 bits per heavy atom. The Kier molecular flexibility index (Phi) is 34.7. The van der Waals surface area contributed by atoms with Crippen LogP contribution in [0.1, 0.15) is 46.1 Å². The van der Waals surface area contributed by atoms with Crippen LogP contribution in [-0.4, -0.2) is 50.8 Å². The fourth-order valence-corrected chi connectivity index (χ4v) is 1.60. The van der Waals surface area contributed by atoms with Crippen molar-refractivity contribution in [2.75, 3.05) is 26.9 Å². The number of methoxy groups -OCH3 is 1. The lowest BCUT2D eigenvalue weighted by Crippen LogP contribution is -2.03. The highest BCUT2D eigenvalue weighted by Crippen LogP contribution is 1.97. The van der Waals surface area contributed by atoms with Crippen LogP contribution < -0.4 is 0 Å². The number of ether oxygens (including phenoxy) is 4. The number of carbonyl (C=O) groups is 4. The molecular formula is C32H46O8. The second kappa shape index (κ2) is 32.6. The van der Waals surface area contributed by atoms with Gasteiger partial charge >= 0.3 is 23.9 Å². The van der Waals surface area contributed by atoms with E-state index in [4.69, 9.17) is 0 Å². The molecule has 0 aliphatic heterocycles. The maximum absolute atomic E-state index is 10.5. The Hall–Kier alpha value is -4.46. The lowest BCUT2D eigenvalue weighted by molar-refractivity contribution is -0.138. The van der Waals surface area contributed by atoms with Crippen LogP contribution in [0, 0.1) is 0 Å². The second-order valence-electron chi connectivity index (χ2n) is 7.24. The van der Waals surface area contributed by atoms with Gasteiger partial charge in [-0.15, -0.1) is 0 Å². The zero-order chi connectivity index (χ0) is 31.8. The molecule has 0 radical (unpaired) electrons. The molecule has 40 heavy (non-hydrogen) atoms. The van der Waals surface area contributed by atoms with E-state index in [0.29, 0.717) is 24.4 Å². The second-order valence-corrected chi connectivity index (χ2v) is 7.24. The molecule has 0 fully saturated rings. The summed E-state index contributed by atoms with van der Waals surface area (Å²) in [5, 5.41) is 0. The Morgan fingerprint density at radius 2 is 1.27 bits per heavy atom. The number of rotatable bonds is 11. The van der Waals surface area contributed by atoms with Crippen molar-refractivity contribution in [3.8, 4) is 0 Å². The van der Waals surface area contributed by atoms with E-state index in [1.807, 2.05) is 43.3 Å². The first-order valence-electron chi connectivity index (χ1n) is 12.3. The van der Waals surface area contributed by atoms with Gasteiger partial charge in [0, 0.05) is 23.3 Å². The summed E-state index contributed by atoms with van der Waals surface area (Å²) >= 11 is 0. The highest BCUT2D eigenvalue weighted by molar-refractivity contribution is 5.87. The molecule has 0 saturated carbocycles. The van der Waals surface area contributed by atoms with Crippen LogP contribution in [-0.2, 0) is 38.1 Å². The summed E-state index contributed by atoms with van der Waals surface area (Å²) in [7, 11) is 1.33. The monoisotopic (exact) mass is 558 g/mol. The Labute approximate surface area is 240 Å². The summed E-state index contributed by atoms with van der Waals surface area (Å²) in [5.41, 5.74) is 2.02. The van der Waals surface area contributed by atoms with Crippen molar-refractivity contribution in [3.05, 3.63) is 105 Å².